The molecule has 0 amide bonds. The van der Waals surface area contributed by atoms with Crippen molar-refractivity contribution in [2.45, 2.75) is 26.6 Å². The summed E-state index contributed by atoms with van der Waals surface area (Å²) in [6.07, 6.45) is 1.16. The van der Waals surface area contributed by atoms with E-state index in [1.165, 1.54) is 5.56 Å². The molecule has 1 atom stereocenters. The van der Waals surface area contributed by atoms with Crippen LogP contribution in [0, 0.1) is 19.0 Å². The number of aryl methyl sites for hydroxylation is 1. The molecule has 1 aliphatic rings. The highest BCUT2D eigenvalue weighted by Crippen LogP contribution is 2.28. The molecule has 0 saturated heterocycles. The third-order valence-corrected chi connectivity index (χ3v) is 3.80. The zero-order chi connectivity index (χ0) is 17.1. The van der Waals surface area contributed by atoms with E-state index >= 15 is 0 Å². The molecule has 0 radical (unpaired) electrons. The van der Waals surface area contributed by atoms with Crippen LogP contribution in [0.1, 0.15) is 38.8 Å². The lowest BCUT2D eigenvalue weighted by molar-refractivity contribution is 0.0659. The van der Waals surface area contributed by atoms with E-state index in [9.17, 15) is 9.59 Å². The first kappa shape index (κ1) is 15.8. The molecule has 3 rings (SSSR count). The van der Waals surface area contributed by atoms with E-state index in [2.05, 4.69) is 12.0 Å². The maximum atomic E-state index is 12.3. The molecule has 0 saturated carbocycles. The van der Waals surface area contributed by atoms with Crippen molar-refractivity contribution >= 4 is 11.6 Å². The van der Waals surface area contributed by atoms with Gasteiger partial charge in [-0.1, -0.05) is 35.7 Å². The van der Waals surface area contributed by atoms with Gasteiger partial charge in [0, 0.05) is 18.1 Å². The molecular formula is C20H16O4. The van der Waals surface area contributed by atoms with E-state index in [0.717, 1.165) is 5.56 Å². The monoisotopic (exact) mass is 320 g/mol. The highest BCUT2D eigenvalue weighted by atomic mass is 16.5. The summed E-state index contributed by atoms with van der Waals surface area (Å²) in [6.45, 7) is 3.99. The molecule has 0 fully saturated rings. The van der Waals surface area contributed by atoms with Gasteiger partial charge in [-0.15, -0.1) is 0 Å². The Balaban J connectivity index is 1.76. The van der Waals surface area contributed by atoms with Gasteiger partial charge in [0.2, 0.25) is 17.7 Å². The van der Waals surface area contributed by atoms with Crippen LogP contribution in [0.5, 0.6) is 5.75 Å². The number of hydrogen-bond donors (Lipinski definition) is 0. The van der Waals surface area contributed by atoms with Gasteiger partial charge in [-0.3, -0.25) is 9.59 Å². The van der Waals surface area contributed by atoms with Crippen molar-refractivity contribution in [2.24, 2.45) is 0 Å². The van der Waals surface area contributed by atoms with Crippen LogP contribution in [-0.4, -0.2) is 17.7 Å². The Morgan fingerprint density at radius 1 is 1.00 bits per heavy atom. The number of ketones is 2. The van der Waals surface area contributed by atoms with Crippen molar-refractivity contribution in [1.29, 1.82) is 0 Å². The van der Waals surface area contributed by atoms with Gasteiger partial charge in [0.1, 0.15) is 18.5 Å². The van der Waals surface area contributed by atoms with Crippen LogP contribution < -0.4 is 4.74 Å². The molecule has 2 aromatic carbocycles. The van der Waals surface area contributed by atoms with Crippen molar-refractivity contribution in [1.82, 2.24) is 0 Å². The largest absolute Gasteiger partial charge is 0.489 e. The standard InChI is InChI=1S/C20H16O4/c1-3-10-23-20-18(21)16-9-8-15(11-17(16)19(20)22)24-12-14-6-4-13(2)5-7-14/h4-9,11,20H,12H2,1-2H3. The van der Waals surface area contributed by atoms with Crippen LogP contribution in [0.3, 0.4) is 0 Å². The highest BCUT2D eigenvalue weighted by molar-refractivity contribution is 6.28. The Bertz CT molecular complexity index is 853. The van der Waals surface area contributed by atoms with Crippen molar-refractivity contribution < 1.29 is 19.1 Å². The number of rotatable bonds is 4. The molecule has 4 heteroatoms. The summed E-state index contributed by atoms with van der Waals surface area (Å²) < 4.78 is 10.8. The van der Waals surface area contributed by atoms with Crippen LogP contribution in [0.2, 0.25) is 0 Å². The van der Waals surface area contributed by atoms with Gasteiger partial charge in [0.25, 0.3) is 0 Å². The molecule has 0 aromatic heterocycles. The van der Waals surface area contributed by atoms with Gasteiger partial charge < -0.3 is 9.47 Å². The van der Waals surface area contributed by atoms with Crippen molar-refractivity contribution in [2.75, 3.05) is 0 Å². The second kappa shape index (κ2) is 6.59. The number of hydrogen-bond acceptors (Lipinski definition) is 4. The van der Waals surface area contributed by atoms with Gasteiger partial charge >= 0.3 is 0 Å². The molecule has 0 bridgehead atoms. The van der Waals surface area contributed by atoms with Gasteiger partial charge in [-0.05, 0) is 30.7 Å². The van der Waals surface area contributed by atoms with Crippen LogP contribution >= 0.6 is 0 Å². The normalized spacial score (nSPS) is 15.5. The van der Waals surface area contributed by atoms with E-state index in [1.807, 2.05) is 31.2 Å². The summed E-state index contributed by atoms with van der Waals surface area (Å²) in [5.74, 6) is 2.32. The van der Waals surface area contributed by atoms with Gasteiger partial charge in [-0.25, -0.2) is 0 Å². The van der Waals surface area contributed by atoms with E-state index < -0.39 is 6.10 Å². The number of ether oxygens (including phenoxy) is 2. The van der Waals surface area contributed by atoms with E-state index in [1.54, 1.807) is 25.1 Å². The smallest absolute Gasteiger partial charge is 0.235 e. The number of carbonyl (C=O) groups is 2. The third-order valence-electron chi connectivity index (χ3n) is 3.80. The molecule has 0 N–H and O–H groups in total. The lowest BCUT2D eigenvalue weighted by atomic mass is 10.1. The molecule has 0 spiro atoms. The van der Waals surface area contributed by atoms with Gasteiger partial charge in [0.15, 0.2) is 0 Å². The Morgan fingerprint density at radius 2 is 1.71 bits per heavy atom. The summed E-state index contributed by atoms with van der Waals surface area (Å²) in [4.78, 5) is 24.5. The Labute approximate surface area is 140 Å². The average Bonchev–Trinajstić information content (AvgIpc) is 2.83. The summed E-state index contributed by atoms with van der Waals surface area (Å²) in [5.41, 5.74) is 2.89. The molecular weight excluding hydrogens is 304 g/mol. The zero-order valence-corrected chi connectivity index (χ0v) is 13.5. The van der Waals surface area contributed by atoms with Crippen molar-refractivity contribution in [3.8, 4) is 17.8 Å². The maximum absolute atomic E-state index is 12.3. The molecule has 1 unspecified atom stereocenters. The Hall–Kier alpha value is -3.06. The highest BCUT2D eigenvalue weighted by Gasteiger charge is 2.40. The first-order valence-electron chi connectivity index (χ1n) is 7.58. The number of Topliss-reactive ketones (excluding diaryl/α,β-unsaturated/α-hetero) is 2. The minimum atomic E-state index is -1.17. The number of fused-ring (bicyclic) bond motifs is 1. The van der Waals surface area contributed by atoms with Crippen LogP contribution in [0.4, 0.5) is 0 Å². The van der Waals surface area contributed by atoms with Crippen LogP contribution in [0.25, 0.3) is 0 Å². The molecule has 4 nitrogen and oxygen atoms in total. The predicted octanol–water partition coefficient (Wildman–Crippen LogP) is 3.32. The van der Waals surface area contributed by atoms with Gasteiger partial charge in [0.05, 0.1) is 0 Å². The minimum Gasteiger partial charge on any atom is -0.489 e. The fraction of sp³-hybridized carbons (Fsp3) is 0.200. The summed E-state index contributed by atoms with van der Waals surface area (Å²) >= 11 is 0. The predicted molar refractivity (Wildman–Crippen MR) is 88.9 cm³/mol. The topological polar surface area (TPSA) is 52.6 Å². The third kappa shape index (κ3) is 3.02. The summed E-state index contributed by atoms with van der Waals surface area (Å²) in [7, 11) is 0. The lowest BCUT2D eigenvalue weighted by Crippen LogP contribution is -2.23. The fourth-order valence-corrected chi connectivity index (χ4v) is 2.51. The quantitative estimate of drug-likeness (QED) is 0.640. The second-order valence-electron chi connectivity index (χ2n) is 5.56. The van der Waals surface area contributed by atoms with E-state index in [-0.39, 0.29) is 11.6 Å². The Kier molecular flexibility index (Phi) is 4.35. The maximum Gasteiger partial charge on any atom is 0.235 e. The van der Waals surface area contributed by atoms with Gasteiger partial charge in [-0.2, -0.15) is 0 Å². The second-order valence-corrected chi connectivity index (χ2v) is 5.56. The average molecular weight is 320 g/mol. The SMILES string of the molecule is CC#COC1C(=O)c2ccc(OCc3ccc(C)cc3)cc2C1=O. The summed E-state index contributed by atoms with van der Waals surface area (Å²) in [6, 6.07) is 12.9. The molecule has 120 valence electrons. The van der Waals surface area contributed by atoms with Crippen LogP contribution in [-0.2, 0) is 11.3 Å². The molecule has 0 aliphatic heterocycles. The molecule has 1 aliphatic carbocycles. The zero-order valence-electron chi connectivity index (χ0n) is 13.5. The Morgan fingerprint density at radius 3 is 2.42 bits per heavy atom. The number of carbonyl (C=O) groups excluding carboxylic acids is 2. The fourth-order valence-electron chi connectivity index (χ4n) is 2.51. The summed E-state index contributed by atoms with van der Waals surface area (Å²) in [5, 5.41) is 0. The van der Waals surface area contributed by atoms with E-state index in [0.29, 0.717) is 23.5 Å². The minimum absolute atomic E-state index is 0.323. The molecule has 0 heterocycles. The van der Waals surface area contributed by atoms with Crippen molar-refractivity contribution in [3.63, 3.8) is 0 Å². The van der Waals surface area contributed by atoms with Crippen LogP contribution in [0.15, 0.2) is 42.5 Å². The lowest BCUT2D eigenvalue weighted by Gasteiger charge is -2.07. The first-order chi connectivity index (χ1) is 11.6. The van der Waals surface area contributed by atoms with Crippen molar-refractivity contribution in [3.05, 3.63) is 64.7 Å². The molecule has 24 heavy (non-hydrogen) atoms. The number of benzene rings is 2. The van der Waals surface area contributed by atoms with E-state index in [4.69, 9.17) is 9.47 Å². The first-order valence-corrected chi connectivity index (χ1v) is 7.58. The molecule has 2 aromatic rings.